The Morgan fingerprint density at radius 3 is 2.24 bits per heavy atom. The number of ketones is 1. The van der Waals surface area contributed by atoms with Crippen molar-refractivity contribution in [3.05, 3.63) is 54.2 Å². The van der Waals surface area contributed by atoms with Crippen LogP contribution >= 0.6 is 0 Å². The molecule has 0 unspecified atom stereocenters. The zero-order chi connectivity index (χ0) is 30.2. The number of aromatic nitrogens is 1. The molecule has 2 heterocycles. The number of anilines is 2. The zero-order valence-corrected chi connectivity index (χ0v) is 23.9. The van der Waals surface area contributed by atoms with E-state index in [1.807, 2.05) is 24.3 Å². The summed E-state index contributed by atoms with van der Waals surface area (Å²) in [6.07, 6.45) is 1.31. The fraction of sp³-hybridized carbons (Fsp3) is 0.367. The normalized spacial score (nSPS) is 13.0. The topological polar surface area (TPSA) is 136 Å². The molecule has 0 bridgehead atoms. The van der Waals surface area contributed by atoms with Crippen molar-refractivity contribution in [1.29, 1.82) is 0 Å². The number of hydrogen-bond donors (Lipinski definition) is 1. The second-order valence-electron chi connectivity index (χ2n) is 9.64. The summed E-state index contributed by atoms with van der Waals surface area (Å²) in [4.78, 5) is 66.6. The second-order valence-corrected chi connectivity index (χ2v) is 9.64. The summed E-state index contributed by atoms with van der Waals surface area (Å²) in [7, 11) is 2.85. The van der Waals surface area contributed by atoms with E-state index in [9.17, 15) is 24.0 Å². The highest BCUT2D eigenvalue weighted by molar-refractivity contribution is 6.45. The van der Waals surface area contributed by atoms with Gasteiger partial charge in [0.05, 0.1) is 32.8 Å². The number of amides is 2. The summed E-state index contributed by atoms with van der Waals surface area (Å²) in [6, 6.07) is 12.5. The molecule has 1 fully saturated rings. The summed E-state index contributed by atoms with van der Waals surface area (Å²) in [6.45, 7) is 3.57. The molecule has 222 valence electrons. The summed E-state index contributed by atoms with van der Waals surface area (Å²) in [5.74, 6) is -2.02. The van der Waals surface area contributed by atoms with E-state index in [-0.39, 0.29) is 31.6 Å². The first-order valence-electron chi connectivity index (χ1n) is 13.6. The Bertz CT molecular complexity index is 1470. The van der Waals surface area contributed by atoms with Crippen molar-refractivity contribution in [1.82, 2.24) is 9.47 Å². The van der Waals surface area contributed by atoms with Gasteiger partial charge in [-0.25, -0.2) is 0 Å². The predicted octanol–water partition coefficient (Wildman–Crippen LogP) is 2.64. The molecule has 0 radical (unpaired) electrons. The summed E-state index contributed by atoms with van der Waals surface area (Å²) >= 11 is 0. The van der Waals surface area contributed by atoms with Crippen LogP contribution in [0.2, 0.25) is 0 Å². The molecule has 2 aromatic carbocycles. The smallest absolute Gasteiger partial charge is 0.325 e. The molecule has 4 rings (SSSR count). The van der Waals surface area contributed by atoms with Gasteiger partial charge in [-0.15, -0.1) is 0 Å². The number of piperazine rings is 1. The maximum Gasteiger partial charge on any atom is 0.325 e. The lowest BCUT2D eigenvalue weighted by molar-refractivity contribution is -0.144. The molecule has 3 aromatic rings. The van der Waals surface area contributed by atoms with Gasteiger partial charge in [0.25, 0.3) is 11.7 Å². The molecular formula is C30H34N4O8. The predicted molar refractivity (Wildman–Crippen MR) is 155 cm³/mol. The van der Waals surface area contributed by atoms with Crippen LogP contribution in [0.3, 0.4) is 0 Å². The van der Waals surface area contributed by atoms with E-state index in [1.165, 1.54) is 18.2 Å². The highest BCUT2D eigenvalue weighted by Crippen LogP contribution is 2.27. The first-order valence-corrected chi connectivity index (χ1v) is 13.6. The number of fused-ring (bicyclic) bond motifs is 1. The lowest BCUT2D eigenvalue weighted by Crippen LogP contribution is -2.50. The molecule has 1 N–H and O–H groups in total. The number of Topliss-reactive ketones (excluding diaryl/α,β-unsaturated/α-hetero) is 1. The van der Waals surface area contributed by atoms with Gasteiger partial charge in [-0.2, -0.15) is 0 Å². The van der Waals surface area contributed by atoms with E-state index >= 15 is 0 Å². The standard InChI is InChI=1S/C30H34N4O8/c1-4-42-28(37)19-34-18-24(23-17-20(5-10-25(23)34)31-26(35)11-12-27(36)41-3)29(38)30(39)33-15-13-32(14-16-33)21-6-8-22(40-2)9-7-21/h5-10,17-18H,4,11-16,19H2,1-3H3,(H,31,35). The number of esters is 2. The second kappa shape index (κ2) is 13.7. The van der Waals surface area contributed by atoms with Crippen LogP contribution < -0.4 is 15.0 Å². The lowest BCUT2D eigenvalue weighted by atomic mass is 10.1. The molecule has 2 amide bonds. The van der Waals surface area contributed by atoms with Crippen LogP contribution in [-0.2, 0) is 35.2 Å². The van der Waals surface area contributed by atoms with Crippen LogP contribution in [0.25, 0.3) is 10.9 Å². The van der Waals surface area contributed by atoms with Gasteiger partial charge in [0.2, 0.25) is 5.91 Å². The number of benzene rings is 2. The van der Waals surface area contributed by atoms with Crippen LogP contribution in [0.4, 0.5) is 11.4 Å². The average Bonchev–Trinajstić information content (AvgIpc) is 3.36. The fourth-order valence-corrected chi connectivity index (χ4v) is 4.79. The third-order valence-electron chi connectivity index (χ3n) is 7.00. The van der Waals surface area contributed by atoms with Crippen molar-refractivity contribution in [3.63, 3.8) is 0 Å². The highest BCUT2D eigenvalue weighted by Gasteiger charge is 2.29. The Morgan fingerprint density at radius 1 is 0.881 bits per heavy atom. The molecular weight excluding hydrogens is 544 g/mol. The minimum absolute atomic E-state index is 0.0789. The van der Waals surface area contributed by atoms with E-state index in [0.29, 0.717) is 42.8 Å². The third-order valence-corrected chi connectivity index (χ3v) is 7.00. The molecule has 1 aliphatic rings. The van der Waals surface area contributed by atoms with E-state index in [1.54, 1.807) is 36.8 Å². The lowest BCUT2D eigenvalue weighted by Gasteiger charge is -2.35. The van der Waals surface area contributed by atoms with Crippen molar-refractivity contribution in [2.24, 2.45) is 0 Å². The molecule has 0 spiro atoms. The number of nitrogens with one attached hydrogen (secondary N) is 1. The number of rotatable bonds is 11. The largest absolute Gasteiger partial charge is 0.497 e. The Morgan fingerprint density at radius 2 is 1.60 bits per heavy atom. The van der Waals surface area contributed by atoms with Gasteiger partial charge in [-0.3, -0.25) is 24.0 Å². The van der Waals surface area contributed by atoms with Crippen LogP contribution in [0, 0.1) is 0 Å². The highest BCUT2D eigenvalue weighted by atomic mass is 16.5. The van der Waals surface area contributed by atoms with Gasteiger partial charge >= 0.3 is 11.9 Å². The van der Waals surface area contributed by atoms with Crippen LogP contribution in [0.15, 0.2) is 48.7 Å². The van der Waals surface area contributed by atoms with Gasteiger partial charge in [0, 0.05) is 61.1 Å². The molecule has 1 saturated heterocycles. The Balaban J connectivity index is 1.53. The number of carbonyl (C=O) groups is 5. The van der Waals surface area contributed by atoms with Gasteiger partial charge in [0.15, 0.2) is 0 Å². The number of methoxy groups -OCH3 is 2. The minimum atomic E-state index is -0.713. The zero-order valence-electron chi connectivity index (χ0n) is 23.9. The van der Waals surface area contributed by atoms with Crippen molar-refractivity contribution < 1.29 is 38.2 Å². The van der Waals surface area contributed by atoms with Crippen LogP contribution in [-0.4, -0.2) is 86.0 Å². The van der Waals surface area contributed by atoms with Crippen LogP contribution in [0.1, 0.15) is 30.1 Å². The molecule has 12 nitrogen and oxygen atoms in total. The maximum atomic E-state index is 13.6. The van der Waals surface area contributed by atoms with Gasteiger partial charge in [-0.05, 0) is 49.4 Å². The number of ether oxygens (including phenoxy) is 3. The first kappa shape index (κ1) is 30.1. The van der Waals surface area contributed by atoms with E-state index < -0.39 is 29.5 Å². The molecule has 1 aliphatic heterocycles. The molecule has 0 aliphatic carbocycles. The van der Waals surface area contributed by atoms with Crippen molar-refractivity contribution in [2.45, 2.75) is 26.3 Å². The molecule has 42 heavy (non-hydrogen) atoms. The van der Waals surface area contributed by atoms with Gasteiger partial charge in [0.1, 0.15) is 12.3 Å². The SMILES string of the molecule is CCOC(=O)Cn1cc(C(=O)C(=O)N2CCN(c3ccc(OC)cc3)CC2)c2cc(NC(=O)CCC(=O)OC)ccc21. The number of carbonyl (C=O) groups excluding carboxylic acids is 5. The fourth-order valence-electron chi connectivity index (χ4n) is 4.79. The summed E-state index contributed by atoms with van der Waals surface area (Å²) in [5, 5.41) is 3.11. The first-order chi connectivity index (χ1) is 20.2. The molecule has 1 aromatic heterocycles. The van der Waals surface area contributed by atoms with Crippen LogP contribution in [0.5, 0.6) is 5.75 Å². The Labute approximate surface area is 243 Å². The van der Waals surface area contributed by atoms with E-state index in [2.05, 4.69) is 15.0 Å². The van der Waals surface area contributed by atoms with Crippen molar-refractivity contribution >= 4 is 51.8 Å². The quantitative estimate of drug-likeness (QED) is 0.207. The molecule has 12 heteroatoms. The van der Waals surface area contributed by atoms with E-state index in [0.717, 1.165) is 11.4 Å². The maximum absolute atomic E-state index is 13.6. The van der Waals surface area contributed by atoms with Gasteiger partial charge in [-0.1, -0.05) is 0 Å². The van der Waals surface area contributed by atoms with Crippen molar-refractivity contribution in [3.8, 4) is 5.75 Å². The molecule has 0 saturated carbocycles. The van der Waals surface area contributed by atoms with Gasteiger partial charge < -0.3 is 33.9 Å². The monoisotopic (exact) mass is 578 g/mol. The number of nitrogens with zero attached hydrogens (tertiary/aromatic N) is 3. The average molecular weight is 579 g/mol. The van der Waals surface area contributed by atoms with E-state index in [4.69, 9.17) is 9.47 Å². The third kappa shape index (κ3) is 7.06. The molecule has 0 atom stereocenters. The minimum Gasteiger partial charge on any atom is -0.497 e. The Hall–Kier alpha value is -4.87. The number of hydrogen-bond acceptors (Lipinski definition) is 9. The summed E-state index contributed by atoms with van der Waals surface area (Å²) in [5.41, 5.74) is 2.01. The Kier molecular flexibility index (Phi) is 9.79. The summed E-state index contributed by atoms with van der Waals surface area (Å²) < 4.78 is 16.4. The van der Waals surface area contributed by atoms with Crippen molar-refractivity contribution in [2.75, 3.05) is 57.2 Å².